The SMILES string of the molecule is CN=C(NCCCN1CCN(c2ccccc2)CC1)NCc1ccc(F)cc1.I. The van der Waals surface area contributed by atoms with E-state index in [4.69, 9.17) is 0 Å². The second kappa shape index (κ2) is 12.6. The highest BCUT2D eigenvalue weighted by Gasteiger charge is 2.16. The quantitative estimate of drug-likeness (QED) is 0.259. The Bertz CT molecular complexity index is 731. The molecule has 1 aliphatic rings. The van der Waals surface area contributed by atoms with Crippen molar-refractivity contribution in [2.24, 2.45) is 4.99 Å². The molecule has 158 valence electrons. The van der Waals surface area contributed by atoms with Crippen molar-refractivity contribution in [3.05, 3.63) is 66.0 Å². The van der Waals surface area contributed by atoms with Crippen LogP contribution < -0.4 is 15.5 Å². The van der Waals surface area contributed by atoms with Gasteiger partial charge in [0, 0.05) is 52.0 Å². The van der Waals surface area contributed by atoms with Gasteiger partial charge in [-0.3, -0.25) is 9.89 Å². The summed E-state index contributed by atoms with van der Waals surface area (Å²) in [7, 11) is 1.77. The molecule has 0 aromatic heterocycles. The zero-order valence-electron chi connectivity index (χ0n) is 17.0. The number of nitrogens with zero attached hydrogens (tertiary/aromatic N) is 3. The molecule has 3 rings (SSSR count). The normalized spacial score (nSPS) is 15.0. The van der Waals surface area contributed by atoms with E-state index in [1.807, 2.05) is 0 Å². The van der Waals surface area contributed by atoms with E-state index in [0.717, 1.165) is 57.2 Å². The number of hydrogen-bond acceptors (Lipinski definition) is 3. The van der Waals surface area contributed by atoms with Crippen molar-refractivity contribution < 1.29 is 4.39 Å². The summed E-state index contributed by atoms with van der Waals surface area (Å²) >= 11 is 0. The third-order valence-electron chi connectivity index (χ3n) is 5.03. The van der Waals surface area contributed by atoms with Crippen LogP contribution in [0.4, 0.5) is 10.1 Å². The van der Waals surface area contributed by atoms with Gasteiger partial charge in [-0.05, 0) is 42.8 Å². The highest BCUT2D eigenvalue weighted by molar-refractivity contribution is 14.0. The van der Waals surface area contributed by atoms with Crippen molar-refractivity contribution in [2.45, 2.75) is 13.0 Å². The molecule has 2 aromatic rings. The molecule has 1 heterocycles. The van der Waals surface area contributed by atoms with Crippen LogP contribution in [0, 0.1) is 5.82 Å². The third-order valence-corrected chi connectivity index (χ3v) is 5.03. The number of guanidine groups is 1. The van der Waals surface area contributed by atoms with Crippen LogP contribution in [0.1, 0.15) is 12.0 Å². The van der Waals surface area contributed by atoms with Crippen molar-refractivity contribution in [2.75, 3.05) is 51.2 Å². The Morgan fingerprint density at radius 3 is 2.31 bits per heavy atom. The lowest BCUT2D eigenvalue weighted by molar-refractivity contribution is 0.255. The van der Waals surface area contributed by atoms with Gasteiger partial charge in [-0.25, -0.2) is 4.39 Å². The van der Waals surface area contributed by atoms with E-state index in [-0.39, 0.29) is 29.8 Å². The largest absolute Gasteiger partial charge is 0.369 e. The number of piperazine rings is 1. The third kappa shape index (κ3) is 7.81. The second-order valence-electron chi connectivity index (χ2n) is 7.00. The van der Waals surface area contributed by atoms with Crippen LogP contribution in [0.25, 0.3) is 0 Å². The number of benzene rings is 2. The van der Waals surface area contributed by atoms with Crippen LogP contribution in [-0.2, 0) is 6.54 Å². The maximum Gasteiger partial charge on any atom is 0.191 e. The molecule has 1 aliphatic heterocycles. The fraction of sp³-hybridized carbons (Fsp3) is 0.409. The molecule has 1 saturated heterocycles. The van der Waals surface area contributed by atoms with E-state index in [9.17, 15) is 4.39 Å². The first kappa shape index (κ1) is 23.4. The topological polar surface area (TPSA) is 42.9 Å². The molecule has 0 radical (unpaired) electrons. The molecule has 0 spiro atoms. The summed E-state index contributed by atoms with van der Waals surface area (Å²) in [4.78, 5) is 9.23. The van der Waals surface area contributed by atoms with Crippen molar-refractivity contribution >= 4 is 35.6 Å². The van der Waals surface area contributed by atoms with Crippen LogP contribution in [0.2, 0.25) is 0 Å². The Kier molecular flexibility index (Phi) is 10.2. The van der Waals surface area contributed by atoms with Crippen molar-refractivity contribution in [3.63, 3.8) is 0 Å². The summed E-state index contributed by atoms with van der Waals surface area (Å²) < 4.78 is 13.0. The number of hydrogen-bond donors (Lipinski definition) is 2. The molecule has 0 saturated carbocycles. The van der Waals surface area contributed by atoms with E-state index in [2.05, 4.69) is 55.8 Å². The van der Waals surface area contributed by atoms with Crippen molar-refractivity contribution in [3.8, 4) is 0 Å². The summed E-state index contributed by atoms with van der Waals surface area (Å²) in [6.45, 7) is 6.96. The van der Waals surface area contributed by atoms with Crippen molar-refractivity contribution in [1.29, 1.82) is 0 Å². The molecular weight excluding hydrogens is 480 g/mol. The lowest BCUT2D eigenvalue weighted by Crippen LogP contribution is -2.47. The average Bonchev–Trinajstić information content (AvgIpc) is 2.75. The van der Waals surface area contributed by atoms with Gasteiger partial charge in [-0.1, -0.05) is 30.3 Å². The Balaban J connectivity index is 0.00000300. The Hall–Kier alpha value is -1.87. The molecule has 7 heteroatoms. The zero-order chi connectivity index (χ0) is 19.6. The Labute approximate surface area is 190 Å². The van der Waals surface area contributed by atoms with Crippen LogP contribution in [-0.4, -0.2) is 57.2 Å². The predicted molar refractivity (Wildman–Crippen MR) is 130 cm³/mol. The molecule has 0 amide bonds. The number of halogens is 2. The van der Waals surface area contributed by atoms with Crippen LogP contribution in [0.5, 0.6) is 0 Å². The summed E-state index contributed by atoms with van der Waals surface area (Å²) in [5, 5.41) is 6.62. The molecule has 29 heavy (non-hydrogen) atoms. The van der Waals surface area contributed by atoms with Gasteiger partial charge in [0.15, 0.2) is 5.96 Å². The van der Waals surface area contributed by atoms with E-state index >= 15 is 0 Å². The predicted octanol–water partition coefficient (Wildman–Crippen LogP) is 3.32. The minimum atomic E-state index is -0.212. The van der Waals surface area contributed by atoms with Gasteiger partial charge in [0.05, 0.1) is 0 Å². The smallest absolute Gasteiger partial charge is 0.191 e. The van der Waals surface area contributed by atoms with Gasteiger partial charge in [0.2, 0.25) is 0 Å². The van der Waals surface area contributed by atoms with Gasteiger partial charge in [0.25, 0.3) is 0 Å². The molecule has 0 aliphatic carbocycles. The highest BCUT2D eigenvalue weighted by atomic mass is 127. The highest BCUT2D eigenvalue weighted by Crippen LogP contribution is 2.15. The first-order chi connectivity index (χ1) is 13.7. The van der Waals surface area contributed by atoms with E-state index in [1.54, 1.807) is 19.2 Å². The molecule has 0 bridgehead atoms. The van der Waals surface area contributed by atoms with Gasteiger partial charge < -0.3 is 15.5 Å². The van der Waals surface area contributed by atoms with E-state index in [0.29, 0.717) is 6.54 Å². The first-order valence-corrected chi connectivity index (χ1v) is 9.96. The monoisotopic (exact) mass is 511 g/mol. The zero-order valence-corrected chi connectivity index (χ0v) is 19.3. The molecule has 5 nitrogen and oxygen atoms in total. The fourth-order valence-electron chi connectivity index (χ4n) is 3.39. The summed E-state index contributed by atoms with van der Waals surface area (Å²) in [6, 6.07) is 17.2. The van der Waals surface area contributed by atoms with Crippen LogP contribution in [0.15, 0.2) is 59.6 Å². The number of aliphatic imine (C=N–C) groups is 1. The maximum atomic E-state index is 13.0. The lowest BCUT2D eigenvalue weighted by atomic mass is 10.2. The minimum absolute atomic E-state index is 0. The first-order valence-electron chi connectivity index (χ1n) is 9.96. The number of nitrogens with one attached hydrogen (secondary N) is 2. The maximum absolute atomic E-state index is 13.0. The summed E-state index contributed by atoms with van der Waals surface area (Å²) in [5.74, 6) is 0.564. The number of para-hydroxylation sites is 1. The Morgan fingerprint density at radius 1 is 0.966 bits per heavy atom. The fourth-order valence-corrected chi connectivity index (χ4v) is 3.39. The minimum Gasteiger partial charge on any atom is -0.369 e. The van der Waals surface area contributed by atoms with E-state index in [1.165, 1.54) is 17.8 Å². The van der Waals surface area contributed by atoms with Gasteiger partial charge in [-0.2, -0.15) is 0 Å². The summed E-state index contributed by atoms with van der Waals surface area (Å²) in [5.41, 5.74) is 2.35. The molecular formula is C22H31FIN5. The van der Waals surface area contributed by atoms with Crippen LogP contribution in [0.3, 0.4) is 0 Å². The summed E-state index contributed by atoms with van der Waals surface area (Å²) in [6.07, 6.45) is 1.07. The second-order valence-corrected chi connectivity index (χ2v) is 7.00. The number of anilines is 1. The Morgan fingerprint density at radius 2 is 1.66 bits per heavy atom. The molecule has 1 fully saturated rings. The number of rotatable bonds is 7. The van der Waals surface area contributed by atoms with Gasteiger partial charge in [0.1, 0.15) is 5.82 Å². The molecule has 0 unspecified atom stereocenters. The molecule has 0 atom stereocenters. The lowest BCUT2D eigenvalue weighted by Gasteiger charge is -2.36. The molecule has 2 aromatic carbocycles. The van der Waals surface area contributed by atoms with Gasteiger partial charge in [-0.15, -0.1) is 24.0 Å². The van der Waals surface area contributed by atoms with E-state index < -0.39 is 0 Å². The van der Waals surface area contributed by atoms with Crippen LogP contribution >= 0.6 is 24.0 Å². The van der Waals surface area contributed by atoms with Crippen molar-refractivity contribution in [1.82, 2.24) is 15.5 Å². The standard InChI is InChI=1S/C22H30FN5.HI/c1-24-22(26-18-19-8-10-20(23)11-9-19)25-12-5-13-27-14-16-28(17-15-27)21-6-3-2-4-7-21;/h2-4,6-11H,5,12-18H2,1H3,(H2,24,25,26);1H. The average molecular weight is 511 g/mol. The molecule has 2 N–H and O–H groups in total. The van der Waals surface area contributed by atoms with Gasteiger partial charge >= 0.3 is 0 Å².